The van der Waals surface area contributed by atoms with E-state index in [9.17, 15) is 22.8 Å². The van der Waals surface area contributed by atoms with E-state index in [2.05, 4.69) is 15.3 Å². The van der Waals surface area contributed by atoms with Gasteiger partial charge in [0.15, 0.2) is 10.8 Å². The summed E-state index contributed by atoms with van der Waals surface area (Å²) in [6.45, 7) is -0.0154. The van der Waals surface area contributed by atoms with Crippen molar-refractivity contribution in [1.29, 1.82) is 0 Å². The molecule has 2 atom stereocenters. The van der Waals surface area contributed by atoms with Gasteiger partial charge in [0.1, 0.15) is 18.5 Å². The number of alkyl halides is 2. The van der Waals surface area contributed by atoms with Crippen LogP contribution in [-0.4, -0.2) is 77.6 Å². The number of ether oxygens (including phenoxy) is 2. The summed E-state index contributed by atoms with van der Waals surface area (Å²) in [5, 5.41) is 14.1. The summed E-state index contributed by atoms with van der Waals surface area (Å²) in [6.07, 6.45) is 1.01. The lowest BCUT2D eigenvalue weighted by Gasteiger charge is -2.31. The van der Waals surface area contributed by atoms with Crippen molar-refractivity contribution < 1.29 is 37.3 Å². The number of esters is 1. The zero-order valence-corrected chi connectivity index (χ0v) is 21.7. The van der Waals surface area contributed by atoms with Gasteiger partial charge >= 0.3 is 11.9 Å². The van der Waals surface area contributed by atoms with Gasteiger partial charge in [-0.2, -0.15) is 0 Å². The number of thiazole rings is 1. The molecule has 4 rings (SSSR count). The van der Waals surface area contributed by atoms with E-state index < -0.39 is 55.3 Å². The van der Waals surface area contributed by atoms with Crippen molar-refractivity contribution in [2.45, 2.75) is 31.4 Å². The van der Waals surface area contributed by atoms with Crippen molar-refractivity contribution in [1.82, 2.24) is 15.2 Å². The van der Waals surface area contributed by atoms with Crippen LogP contribution in [0.4, 0.5) is 13.2 Å². The third-order valence-corrected chi connectivity index (χ3v) is 7.00. The Morgan fingerprint density at radius 1 is 1.37 bits per heavy atom. The Kier molecular flexibility index (Phi) is 8.71. The van der Waals surface area contributed by atoms with Crippen LogP contribution in [0, 0.1) is 5.82 Å². The summed E-state index contributed by atoms with van der Waals surface area (Å²) in [6, 6.07) is 1.82. The number of carbonyl (C=O) groups is 2. The molecule has 0 saturated carbocycles. The highest BCUT2D eigenvalue weighted by Crippen LogP contribution is 2.38. The van der Waals surface area contributed by atoms with Crippen molar-refractivity contribution in [3.63, 3.8) is 0 Å². The van der Waals surface area contributed by atoms with E-state index in [1.165, 1.54) is 28.4 Å². The first-order chi connectivity index (χ1) is 18.1. The lowest BCUT2D eigenvalue weighted by atomic mass is 9.95. The Balaban J connectivity index is 1.76. The van der Waals surface area contributed by atoms with E-state index in [4.69, 9.17) is 26.2 Å². The molecule has 1 aromatic carbocycles. The lowest BCUT2D eigenvalue weighted by molar-refractivity contribution is -0.143. The average molecular weight is 573 g/mol. The van der Waals surface area contributed by atoms with E-state index in [1.54, 1.807) is 18.5 Å². The van der Waals surface area contributed by atoms with E-state index in [0.29, 0.717) is 10.6 Å². The molecule has 0 bridgehead atoms. The van der Waals surface area contributed by atoms with Crippen LogP contribution in [0.25, 0.3) is 0 Å². The maximum absolute atomic E-state index is 14.5. The second kappa shape index (κ2) is 11.8. The predicted octanol–water partition coefficient (Wildman–Crippen LogP) is 3.65. The molecular formula is C24H24ClF3N4O5S. The van der Waals surface area contributed by atoms with Crippen molar-refractivity contribution in [3.05, 3.63) is 62.5 Å². The molecule has 0 radical (unpaired) electrons. The van der Waals surface area contributed by atoms with E-state index in [1.807, 2.05) is 0 Å². The number of carboxylic acids is 1. The van der Waals surface area contributed by atoms with E-state index in [-0.39, 0.29) is 41.9 Å². The Hall–Kier alpha value is -3.00. The van der Waals surface area contributed by atoms with Crippen molar-refractivity contribution in [2.75, 3.05) is 32.9 Å². The molecule has 2 aromatic rings. The van der Waals surface area contributed by atoms with Gasteiger partial charge in [-0.05, 0) is 19.1 Å². The number of nitrogens with zero attached hydrogens (tertiary/aromatic N) is 3. The highest BCUT2D eigenvalue weighted by molar-refractivity contribution is 7.11. The van der Waals surface area contributed by atoms with E-state index >= 15 is 0 Å². The topological polar surface area (TPSA) is 113 Å². The molecule has 0 amide bonds. The largest absolute Gasteiger partial charge is 0.480 e. The molecule has 14 heteroatoms. The maximum atomic E-state index is 14.5. The van der Waals surface area contributed by atoms with Gasteiger partial charge in [0.25, 0.3) is 5.92 Å². The zero-order valence-electron chi connectivity index (χ0n) is 20.1. The maximum Gasteiger partial charge on any atom is 0.338 e. The van der Waals surface area contributed by atoms with Gasteiger partial charge in [-0.15, -0.1) is 11.3 Å². The van der Waals surface area contributed by atoms with Crippen LogP contribution in [0.5, 0.6) is 0 Å². The summed E-state index contributed by atoms with van der Waals surface area (Å²) in [5.41, 5.74) is 0.577. The minimum atomic E-state index is -3.05. The van der Waals surface area contributed by atoms with Crippen LogP contribution < -0.4 is 5.32 Å². The molecule has 2 aliphatic rings. The minimum Gasteiger partial charge on any atom is -0.480 e. The predicted molar refractivity (Wildman–Crippen MR) is 133 cm³/mol. The minimum absolute atomic E-state index is 0.0212. The third-order valence-electron chi connectivity index (χ3n) is 5.90. The van der Waals surface area contributed by atoms with Crippen LogP contribution in [0.15, 0.2) is 46.0 Å². The van der Waals surface area contributed by atoms with Gasteiger partial charge in [-0.1, -0.05) is 17.7 Å². The van der Waals surface area contributed by atoms with Crippen molar-refractivity contribution in [3.8, 4) is 0 Å². The standard InChI is InChI=1S/C24H24ClF3N4O5S/c1-2-37-23(35)19-17(9-32-12-24(27,28)8-14(32)10-36-11-18(33)34)30-21(22-29-5-6-38-22)31-20(19)15-4-3-13(26)7-16(15)25/h3-7,14,20H,2,8-12H2,1H3,(H,30,31)(H,33,34)/t14?,20-/m0/s1. The molecular weight excluding hydrogens is 549 g/mol. The Bertz CT molecular complexity index is 1260. The molecule has 204 valence electrons. The van der Waals surface area contributed by atoms with Crippen LogP contribution >= 0.6 is 22.9 Å². The van der Waals surface area contributed by atoms with Crippen LogP contribution in [0.3, 0.4) is 0 Å². The summed E-state index contributed by atoms with van der Waals surface area (Å²) in [4.78, 5) is 34.4. The van der Waals surface area contributed by atoms with Gasteiger partial charge in [0.05, 0.1) is 25.3 Å². The number of carbonyl (C=O) groups excluding carboxylic acids is 1. The molecule has 0 spiro atoms. The first-order valence-corrected chi connectivity index (χ1v) is 12.8. The monoisotopic (exact) mass is 572 g/mol. The smallest absolute Gasteiger partial charge is 0.338 e. The molecule has 1 unspecified atom stereocenters. The van der Waals surface area contributed by atoms with Crippen molar-refractivity contribution in [2.24, 2.45) is 4.99 Å². The third kappa shape index (κ3) is 6.52. The highest BCUT2D eigenvalue weighted by Gasteiger charge is 2.46. The first kappa shape index (κ1) is 28.0. The second-order valence-electron chi connectivity index (χ2n) is 8.65. The fourth-order valence-corrected chi connectivity index (χ4v) is 5.22. The molecule has 3 heterocycles. The van der Waals surface area contributed by atoms with Gasteiger partial charge < -0.3 is 19.9 Å². The number of hydrogen-bond acceptors (Lipinski definition) is 9. The summed E-state index contributed by atoms with van der Waals surface area (Å²) in [7, 11) is 0. The van der Waals surface area contributed by atoms with Gasteiger partial charge in [0, 0.05) is 46.9 Å². The van der Waals surface area contributed by atoms with Gasteiger partial charge in [0.2, 0.25) is 0 Å². The average Bonchev–Trinajstić information content (AvgIpc) is 3.46. The second-order valence-corrected chi connectivity index (χ2v) is 9.95. The fourth-order valence-electron chi connectivity index (χ4n) is 4.37. The Labute approximate surface area is 224 Å². The molecule has 9 nitrogen and oxygen atoms in total. The SMILES string of the molecule is CCOC(=O)C1=C(CN2CC(F)(F)CC2COCC(=O)O)NC(c2nccs2)=N[C@H]1c1ccc(F)cc1Cl. The highest BCUT2D eigenvalue weighted by atomic mass is 35.5. The number of amidine groups is 1. The van der Waals surface area contributed by atoms with Gasteiger partial charge in [-0.25, -0.2) is 27.7 Å². The number of carboxylic acid groups (broad SMARTS) is 1. The Morgan fingerprint density at radius 2 is 2.16 bits per heavy atom. The molecule has 1 saturated heterocycles. The lowest BCUT2D eigenvalue weighted by Crippen LogP contribution is -2.42. The molecule has 1 fully saturated rings. The summed E-state index contributed by atoms with van der Waals surface area (Å²) < 4.78 is 53.2. The van der Waals surface area contributed by atoms with Crippen LogP contribution in [0.2, 0.25) is 5.02 Å². The fraction of sp³-hybridized carbons (Fsp3) is 0.417. The molecule has 2 N–H and O–H groups in total. The van der Waals surface area contributed by atoms with E-state index in [0.717, 1.165) is 6.07 Å². The Morgan fingerprint density at radius 3 is 2.82 bits per heavy atom. The quantitative estimate of drug-likeness (QED) is 0.415. The number of aromatic nitrogens is 1. The first-order valence-electron chi connectivity index (χ1n) is 11.6. The normalized spacial score (nSPS) is 21.2. The summed E-state index contributed by atoms with van der Waals surface area (Å²) >= 11 is 7.62. The molecule has 0 aliphatic carbocycles. The van der Waals surface area contributed by atoms with Gasteiger partial charge in [-0.3, -0.25) is 9.89 Å². The molecule has 2 aliphatic heterocycles. The number of nitrogens with one attached hydrogen (secondary N) is 1. The number of halogens is 4. The van der Waals surface area contributed by atoms with Crippen LogP contribution in [-0.2, 0) is 19.1 Å². The number of rotatable bonds is 10. The number of aliphatic carboxylic acids is 1. The van der Waals surface area contributed by atoms with Crippen molar-refractivity contribution >= 4 is 40.7 Å². The summed E-state index contributed by atoms with van der Waals surface area (Å²) in [5.74, 6) is -5.32. The van der Waals surface area contributed by atoms with Crippen LogP contribution in [0.1, 0.15) is 30.0 Å². The number of benzene rings is 1. The number of aliphatic imine (C=N–C) groups is 1. The zero-order chi connectivity index (χ0) is 27.4. The number of hydrogen-bond donors (Lipinski definition) is 2. The molecule has 38 heavy (non-hydrogen) atoms. The molecule has 1 aromatic heterocycles. The number of likely N-dealkylation sites (tertiary alicyclic amines) is 1.